The lowest BCUT2D eigenvalue weighted by Gasteiger charge is -2.11. The molecule has 0 atom stereocenters. The predicted octanol–water partition coefficient (Wildman–Crippen LogP) is 1.15. The minimum Gasteiger partial charge on any atom is -0.472 e. The number of hydrogen-bond donors (Lipinski definition) is 1. The molecule has 0 amide bonds. The molecule has 2 aromatic heterocycles. The molecule has 0 bridgehead atoms. The molecule has 2 heterocycles. The normalized spacial score (nSPS) is 11.9. The van der Waals surface area contributed by atoms with E-state index >= 15 is 0 Å². The summed E-state index contributed by atoms with van der Waals surface area (Å²) in [6.07, 6.45) is 5.00. The van der Waals surface area contributed by atoms with Crippen molar-refractivity contribution in [2.75, 3.05) is 0 Å². The quantitative estimate of drug-likeness (QED) is 0.819. The Balaban J connectivity index is 2.15. The van der Waals surface area contributed by atoms with E-state index < -0.39 is 5.60 Å². The molecule has 80 valence electrons. The second kappa shape index (κ2) is 3.51. The zero-order valence-electron chi connectivity index (χ0n) is 8.71. The van der Waals surface area contributed by atoms with E-state index in [0.29, 0.717) is 12.2 Å². The number of furan rings is 1. The summed E-state index contributed by atoms with van der Waals surface area (Å²) < 4.78 is 6.61. The standard InChI is InChI=1S/C10H13N3O2/c1-10(2,14)9-6-13(12-11-9)5-8-3-4-15-7-8/h3-4,6-7,14H,5H2,1-2H3. The van der Waals surface area contributed by atoms with Crippen LogP contribution in [0.5, 0.6) is 0 Å². The number of aromatic nitrogens is 3. The van der Waals surface area contributed by atoms with Gasteiger partial charge in [0.15, 0.2) is 0 Å². The highest BCUT2D eigenvalue weighted by atomic mass is 16.3. The van der Waals surface area contributed by atoms with Crippen LogP contribution in [0.4, 0.5) is 0 Å². The molecule has 1 N–H and O–H groups in total. The van der Waals surface area contributed by atoms with Gasteiger partial charge in [-0.2, -0.15) is 0 Å². The highest BCUT2D eigenvalue weighted by Gasteiger charge is 2.19. The van der Waals surface area contributed by atoms with Crippen molar-refractivity contribution < 1.29 is 9.52 Å². The van der Waals surface area contributed by atoms with Gasteiger partial charge in [0.25, 0.3) is 0 Å². The highest BCUT2D eigenvalue weighted by molar-refractivity contribution is 5.08. The van der Waals surface area contributed by atoms with Gasteiger partial charge in [-0.3, -0.25) is 0 Å². The summed E-state index contributed by atoms with van der Waals surface area (Å²) in [6.45, 7) is 3.96. The van der Waals surface area contributed by atoms with E-state index in [1.165, 1.54) is 0 Å². The van der Waals surface area contributed by atoms with Crippen molar-refractivity contribution in [1.82, 2.24) is 15.0 Å². The SMILES string of the molecule is CC(C)(O)c1cn(Cc2ccoc2)nn1. The zero-order valence-corrected chi connectivity index (χ0v) is 8.71. The molecule has 5 heteroatoms. The van der Waals surface area contributed by atoms with E-state index in [1.807, 2.05) is 6.07 Å². The van der Waals surface area contributed by atoms with Gasteiger partial charge in [-0.25, -0.2) is 4.68 Å². The molecule has 0 fully saturated rings. The lowest BCUT2D eigenvalue weighted by Crippen LogP contribution is -2.15. The number of hydrogen-bond acceptors (Lipinski definition) is 4. The Morgan fingerprint density at radius 1 is 1.53 bits per heavy atom. The first-order valence-corrected chi connectivity index (χ1v) is 4.70. The molecule has 5 nitrogen and oxygen atoms in total. The molecule has 15 heavy (non-hydrogen) atoms. The van der Waals surface area contributed by atoms with Gasteiger partial charge in [0.2, 0.25) is 0 Å². The Morgan fingerprint density at radius 3 is 2.87 bits per heavy atom. The van der Waals surface area contributed by atoms with Crippen molar-refractivity contribution in [1.29, 1.82) is 0 Å². The first-order chi connectivity index (χ1) is 7.05. The number of nitrogens with zero attached hydrogens (tertiary/aromatic N) is 3. The van der Waals surface area contributed by atoms with Crippen molar-refractivity contribution in [2.24, 2.45) is 0 Å². The molecular weight excluding hydrogens is 194 g/mol. The Labute approximate surface area is 87.3 Å². The van der Waals surface area contributed by atoms with E-state index in [-0.39, 0.29) is 0 Å². The lowest BCUT2D eigenvalue weighted by atomic mass is 10.1. The smallest absolute Gasteiger partial charge is 0.114 e. The summed E-state index contributed by atoms with van der Waals surface area (Å²) in [5.41, 5.74) is 0.627. The van der Waals surface area contributed by atoms with Gasteiger partial charge in [-0.1, -0.05) is 5.21 Å². The Morgan fingerprint density at radius 2 is 2.33 bits per heavy atom. The highest BCUT2D eigenvalue weighted by Crippen LogP contribution is 2.16. The fourth-order valence-electron chi connectivity index (χ4n) is 1.23. The molecule has 0 aliphatic carbocycles. The van der Waals surface area contributed by atoms with Crippen molar-refractivity contribution in [2.45, 2.75) is 26.0 Å². The van der Waals surface area contributed by atoms with Gasteiger partial charge >= 0.3 is 0 Å². The maximum absolute atomic E-state index is 9.69. The van der Waals surface area contributed by atoms with E-state index in [4.69, 9.17) is 4.42 Å². The first-order valence-electron chi connectivity index (χ1n) is 4.70. The summed E-state index contributed by atoms with van der Waals surface area (Å²) in [5.74, 6) is 0. The Bertz CT molecular complexity index is 426. The van der Waals surface area contributed by atoms with E-state index in [1.54, 1.807) is 37.3 Å². The third-order valence-electron chi connectivity index (χ3n) is 2.09. The van der Waals surface area contributed by atoms with E-state index in [2.05, 4.69) is 10.3 Å². The van der Waals surface area contributed by atoms with Crippen molar-refractivity contribution >= 4 is 0 Å². The van der Waals surface area contributed by atoms with Crippen LogP contribution in [0, 0.1) is 0 Å². The largest absolute Gasteiger partial charge is 0.472 e. The minimum absolute atomic E-state index is 0.561. The molecule has 0 aromatic carbocycles. The maximum Gasteiger partial charge on any atom is 0.114 e. The second-order valence-corrected chi connectivity index (χ2v) is 3.99. The fraction of sp³-hybridized carbons (Fsp3) is 0.400. The fourth-order valence-corrected chi connectivity index (χ4v) is 1.23. The molecule has 0 radical (unpaired) electrons. The van der Waals surface area contributed by atoms with Crippen LogP contribution < -0.4 is 0 Å². The van der Waals surface area contributed by atoms with Gasteiger partial charge in [-0.15, -0.1) is 5.10 Å². The molecular formula is C10H13N3O2. The molecule has 0 saturated heterocycles. The van der Waals surface area contributed by atoms with Crippen LogP contribution >= 0.6 is 0 Å². The van der Waals surface area contributed by atoms with Crippen LogP contribution in [-0.4, -0.2) is 20.1 Å². The zero-order chi connectivity index (χ0) is 10.9. The van der Waals surface area contributed by atoms with E-state index in [0.717, 1.165) is 5.56 Å². The second-order valence-electron chi connectivity index (χ2n) is 3.99. The van der Waals surface area contributed by atoms with Crippen LogP contribution in [0.1, 0.15) is 25.1 Å². The van der Waals surface area contributed by atoms with Gasteiger partial charge in [0, 0.05) is 5.56 Å². The molecule has 0 aliphatic heterocycles. The van der Waals surface area contributed by atoms with Crippen LogP contribution in [0.25, 0.3) is 0 Å². The Kier molecular flexibility index (Phi) is 2.32. The van der Waals surface area contributed by atoms with Crippen LogP contribution in [0.2, 0.25) is 0 Å². The van der Waals surface area contributed by atoms with Crippen molar-refractivity contribution in [3.8, 4) is 0 Å². The lowest BCUT2D eigenvalue weighted by molar-refractivity contribution is 0.0737. The van der Waals surface area contributed by atoms with Crippen molar-refractivity contribution in [3.63, 3.8) is 0 Å². The maximum atomic E-state index is 9.69. The Hall–Kier alpha value is -1.62. The topological polar surface area (TPSA) is 64.1 Å². The van der Waals surface area contributed by atoms with Gasteiger partial charge in [-0.05, 0) is 19.9 Å². The summed E-state index contributed by atoms with van der Waals surface area (Å²) in [4.78, 5) is 0. The van der Waals surface area contributed by atoms with Gasteiger partial charge < -0.3 is 9.52 Å². The van der Waals surface area contributed by atoms with Crippen LogP contribution in [0.15, 0.2) is 29.2 Å². The summed E-state index contributed by atoms with van der Waals surface area (Å²) in [6, 6.07) is 1.87. The molecule has 0 aliphatic rings. The molecule has 2 rings (SSSR count). The summed E-state index contributed by atoms with van der Waals surface area (Å²) in [5, 5.41) is 17.5. The summed E-state index contributed by atoms with van der Waals surface area (Å²) in [7, 11) is 0. The molecule has 0 unspecified atom stereocenters. The monoisotopic (exact) mass is 207 g/mol. The van der Waals surface area contributed by atoms with Crippen LogP contribution in [0.3, 0.4) is 0 Å². The minimum atomic E-state index is -0.950. The van der Waals surface area contributed by atoms with E-state index in [9.17, 15) is 5.11 Å². The predicted molar refractivity (Wildman–Crippen MR) is 53.1 cm³/mol. The molecule has 0 spiro atoms. The third kappa shape index (κ3) is 2.24. The van der Waals surface area contributed by atoms with Crippen LogP contribution in [-0.2, 0) is 12.1 Å². The number of rotatable bonds is 3. The van der Waals surface area contributed by atoms with Gasteiger partial charge in [0.1, 0.15) is 11.3 Å². The summed E-state index contributed by atoms with van der Waals surface area (Å²) >= 11 is 0. The van der Waals surface area contributed by atoms with Crippen molar-refractivity contribution in [3.05, 3.63) is 36.0 Å². The molecule has 2 aromatic rings. The third-order valence-corrected chi connectivity index (χ3v) is 2.09. The van der Waals surface area contributed by atoms with Gasteiger partial charge in [0.05, 0.1) is 25.3 Å². The average Bonchev–Trinajstić information content (AvgIpc) is 2.73. The average molecular weight is 207 g/mol. The number of aliphatic hydroxyl groups is 1. The molecule has 0 saturated carbocycles. The first kappa shape index (κ1) is 9.92.